The molecule has 1 aliphatic carbocycles. The molecule has 4 fully saturated rings. The van der Waals surface area contributed by atoms with Crippen molar-refractivity contribution in [3.8, 4) is 0 Å². The Kier molecular flexibility index (Phi) is 7.31. The number of piperazine rings is 1. The third-order valence-electron chi connectivity index (χ3n) is 9.45. The van der Waals surface area contributed by atoms with E-state index in [1.54, 1.807) is 16.2 Å². The van der Waals surface area contributed by atoms with E-state index in [4.69, 9.17) is 0 Å². The van der Waals surface area contributed by atoms with Gasteiger partial charge in [0.05, 0.1) is 16.7 Å². The molecule has 1 aromatic carbocycles. The van der Waals surface area contributed by atoms with Crippen molar-refractivity contribution in [2.24, 2.45) is 18.9 Å². The quantitative estimate of drug-likeness (QED) is 0.587. The summed E-state index contributed by atoms with van der Waals surface area (Å²) in [5, 5.41) is 2.40. The molecule has 2 atom stereocenters. The van der Waals surface area contributed by atoms with E-state index in [9.17, 15) is 14.4 Å². The maximum absolute atomic E-state index is 13.3. The molecule has 1 N–H and O–H groups in total. The number of benzene rings is 1. The number of anilines is 1. The zero-order chi connectivity index (χ0) is 26.2. The SMILES string of the molecule is Cn1c(=O)n(C2CCC(=O)NC2=O)c2cccc(N3CC[C@H](CN4CCN(CC5CCCCC5)CC4)C3)c21. The molecule has 4 heterocycles. The molecule has 4 aliphatic rings. The van der Waals surface area contributed by atoms with Crippen molar-refractivity contribution in [1.29, 1.82) is 0 Å². The van der Waals surface area contributed by atoms with Crippen molar-refractivity contribution in [1.82, 2.24) is 24.3 Å². The fourth-order valence-electron chi connectivity index (χ4n) is 7.36. The Bertz CT molecular complexity index is 1240. The molecule has 0 bridgehead atoms. The number of imidazole rings is 1. The molecule has 2 aromatic rings. The number of carbonyl (C=O) groups is 2. The summed E-state index contributed by atoms with van der Waals surface area (Å²) >= 11 is 0. The predicted octanol–water partition coefficient (Wildman–Crippen LogP) is 2.34. The van der Waals surface area contributed by atoms with Crippen LogP contribution in [0, 0.1) is 11.8 Å². The van der Waals surface area contributed by atoms with Gasteiger partial charge in [0.1, 0.15) is 6.04 Å². The topological polar surface area (TPSA) is 82.8 Å². The summed E-state index contributed by atoms with van der Waals surface area (Å²) in [4.78, 5) is 45.3. The summed E-state index contributed by atoms with van der Waals surface area (Å²) in [7, 11) is 1.79. The van der Waals surface area contributed by atoms with Gasteiger partial charge in [-0.3, -0.25) is 24.0 Å². The van der Waals surface area contributed by atoms with Crippen LogP contribution in [-0.4, -0.2) is 83.1 Å². The van der Waals surface area contributed by atoms with Gasteiger partial charge in [0.15, 0.2) is 0 Å². The first-order valence-corrected chi connectivity index (χ1v) is 14.7. The van der Waals surface area contributed by atoms with Gasteiger partial charge in [0, 0.05) is 65.8 Å². The van der Waals surface area contributed by atoms with Crippen molar-refractivity contribution < 1.29 is 9.59 Å². The largest absolute Gasteiger partial charge is 0.369 e. The van der Waals surface area contributed by atoms with Gasteiger partial charge in [0.25, 0.3) is 0 Å². The summed E-state index contributed by atoms with van der Waals surface area (Å²) in [5.74, 6) is 0.877. The Hall–Kier alpha value is -2.65. The Morgan fingerprint density at radius 2 is 1.55 bits per heavy atom. The van der Waals surface area contributed by atoms with Crippen molar-refractivity contribution in [3.05, 3.63) is 28.7 Å². The summed E-state index contributed by atoms with van der Waals surface area (Å²) < 4.78 is 3.26. The number of fused-ring (bicyclic) bond motifs is 1. The number of rotatable bonds is 6. The molecule has 3 saturated heterocycles. The molecule has 1 aromatic heterocycles. The molecule has 0 radical (unpaired) electrons. The number of aromatic nitrogens is 2. The normalized spacial score (nSPS) is 26.4. The minimum absolute atomic E-state index is 0.205. The van der Waals surface area contributed by atoms with Crippen LogP contribution in [0.4, 0.5) is 5.69 Å². The summed E-state index contributed by atoms with van der Waals surface area (Å²) in [6.45, 7) is 9.13. The number of amides is 2. The average Bonchev–Trinajstić information content (AvgIpc) is 3.48. The standard InChI is InChI=1S/C29H42N6O3/c1-31-27-23(8-5-9-24(27)35(29(31)38)25-10-11-26(36)30-28(25)37)34-13-12-22(20-34)19-33-16-14-32(15-17-33)18-21-6-3-2-4-7-21/h5,8-9,21-22,25H,2-4,6-7,10-20H2,1H3,(H,30,36,37)/t22-,25?/m1/s1. The number of hydrogen-bond acceptors (Lipinski definition) is 6. The zero-order valence-corrected chi connectivity index (χ0v) is 22.7. The van der Waals surface area contributed by atoms with Gasteiger partial charge >= 0.3 is 5.69 Å². The highest BCUT2D eigenvalue weighted by atomic mass is 16.2. The maximum atomic E-state index is 13.3. The van der Waals surface area contributed by atoms with Crippen LogP contribution in [0.1, 0.15) is 57.4 Å². The first kappa shape index (κ1) is 25.6. The summed E-state index contributed by atoms with van der Waals surface area (Å²) in [6.07, 6.45) is 8.88. The van der Waals surface area contributed by atoms with Crippen molar-refractivity contribution in [2.45, 2.75) is 57.4 Å². The lowest BCUT2D eigenvalue weighted by molar-refractivity contribution is -0.135. The molecule has 1 saturated carbocycles. The number of nitrogens with zero attached hydrogens (tertiary/aromatic N) is 5. The minimum atomic E-state index is -0.651. The minimum Gasteiger partial charge on any atom is -0.369 e. The third kappa shape index (κ3) is 5.02. The molecular formula is C29H42N6O3. The number of para-hydroxylation sites is 1. The highest BCUT2D eigenvalue weighted by Crippen LogP contribution is 2.33. The lowest BCUT2D eigenvalue weighted by Crippen LogP contribution is -2.49. The van der Waals surface area contributed by atoms with Crippen LogP contribution >= 0.6 is 0 Å². The predicted molar refractivity (Wildman–Crippen MR) is 148 cm³/mol. The second-order valence-electron chi connectivity index (χ2n) is 12.0. The van der Waals surface area contributed by atoms with Crippen LogP contribution in [0.15, 0.2) is 23.0 Å². The Labute approximate surface area is 224 Å². The van der Waals surface area contributed by atoms with Gasteiger partial charge in [0.2, 0.25) is 11.8 Å². The highest BCUT2D eigenvalue weighted by Gasteiger charge is 2.33. The van der Waals surface area contributed by atoms with Crippen molar-refractivity contribution in [2.75, 3.05) is 57.3 Å². The lowest BCUT2D eigenvalue weighted by Gasteiger charge is -2.38. The van der Waals surface area contributed by atoms with Gasteiger partial charge in [-0.15, -0.1) is 0 Å². The van der Waals surface area contributed by atoms with E-state index in [1.165, 1.54) is 64.8 Å². The number of hydrogen-bond donors (Lipinski definition) is 1. The zero-order valence-electron chi connectivity index (χ0n) is 22.7. The van der Waals surface area contributed by atoms with E-state index in [0.717, 1.165) is 48.7 Å². The molecule has 9 nitrogen and oxygen atoms in total. The fraction of sp³-hybridized carbons (Fsp3) is 0.690. The first-order chi connectivity index (χ1) is 18.5. The number of imide groups is 1. The maximum Gasteiger partial charge on any atom is 0.329 e. The van der Waals surface area contributed by atoms with E-state index in [1.807, 2.05) is 12.1 Å². The molecule has 0 spiro atoms. The van der Waals surface area contributed by atoms with Crippen molar-refractivity contribution in [3.63, 3.8) is 0 Å². The monoisotopic (exact) mass is 522 g/mol. The van der Waals surface area contributed by atoms with Crippen LogP contribution in [0.3, 0.4) is 0 Å². The highest BCUT2D eigenvalue weighted by molar-refractivity contribution is 6.00. The second kappa shape index (κ2) is 10.8. The fourth-order valence-corrected chi connectivity index (χ4v) is 7.36. The van der Waals surface area contributed by atoms with Crippen LogP contribution < -0.4 is 15.9 Å². The van der Waals surface area contributed by atoms with Gasteiger partial charge in [-0.25, -0.2) is 4.79 Å². The second-order valence-corrected chi connectivity index (χ2v) is 12.0. The van der Waals surface area contributed by atoms with Gasteiger partial charge < -0.3 is 14.7 Å². The first-order valence-electron chi connectivity index (χ1n) is 14.7. The summed E-state index contributed by atoms with van der Waals surface area (Å²) in [5.41, 5.74) is 2.50. The number of piperidine rings is 1. The molecule has 9 heteroatoms. The number of carbonyl (C=O) groups excluding carboxylic acids is 2. The number of aryl methyl sites for hydroxylation is 1. The average molecular weight is 523 g/mol. The molecule has 38 heavy (non-hydrogen) atoms. The van der Waals surface area contributed by atoms with Crippen molar-refractivity contribution >= 4 is 28.5 Å². The van der Waals surface area contributed by atoms with Gasteiger partial charge in [-0.1, -0.05) is 25.3 Å². The number of nitrogens with one attached hydrogen (secondary N) is 1. The van der Waals surface area contributed by atoms with E-state index in [2.05, 4.69) is 26.1 Å². The molecule has 2 amide bonds. The van der Waals surface area contributed by atoms with E-state index in [0.29, 0.717) is 12.3 Å². The van der Waals surface area contributed by atoms with Crippen LogP contribution in [0.2, 0.25) is 0 Å². The van der Waals surface area contributed by atoms with Crippen LogP contribution in [0.25, 0.3) is 11.0 Å². The Morgan fingerprint density at radius 1 is 0.842 bits per heavy atom. The molecule has 206 valence electrons. The third-order valence-corrected chi connectivity index (χ3v) is 9.45. The molecular weight excluding hydrogens is 480 g/mol. The van der Waals surface area contributed by atoms with Crippen LogP contribution in [-0.2, 0) is 16.6 Å². The molecule has 3 aliphatic heterocycles. The van der Waals surface area contributed by atoms with Crippen LogP contribution in [0.5, 0.6) is 0 Å². The lowest BCUT2D eigenvalue weighted by atomic mass is 9.89. The Balaban J connectivity index is 1.10. The Morgan fingerprint density at radius 3 is 2.26 bits per heavy atom. The molecule has 1 unspecified atom stereocenters. The van der Waals surface area contributed by atoms with E-state index < -0.39 is 6.04 Å². The van der Waals surface area contributed by atoms with Gasteiger partial charge in [-0.2, -0.15) is 0 Å². The van der Waals surface area contributed by atoms with E-state index in [-0.39, 0.29) is 23.9 Å². The molecule has 6 rings (SSSR count). The summed E-state index contributed by atoms with van der Waals surface area (Å²) in [6, 6.07) is 5.35. The smallest absolute Gasteiger partial charge is 0.329 e. The van der Waals surface area contributed by atoms with Gasteiger partial charge in [-0.05, 0) is 49.7 Å². The van der Waals surface area contributed by atoms with E-state index >= 15 is 0 Å².